The maximum absolute atomic E-state index is 12.2. The Kier molecular flexibility index (Phi) is 7.71. The minimum absolute atomic E-state index is 0.176. The molecule has 31 heavy (non-hydrogen) atoms. The predicted octanol–water partition coefficient (Wildman–Crippen LogP) is 2.26. The molecule has 0 fully saturated rings. The third-order valence-corrected chi connectivity index (χ3v) is 6.81. The van der Waals surface area contributed by atoms with E-state index in [-0.39, 0.29) is 9.79 Å². The zero-order valence-electron chi connectivity index (χ0n) is 17.3. The van der Waals surface area contributed by atoms with Gasteiger partial charge < -0.3 is 4.74 Å². The quantitative estimate of drug-likeness (QED) is 0.324. The molecule has 2 rings (SSSR count). The summed E-state index contributed by atoms with van der Waals surface area (Å²) in [6.45, 7) is 5.70. The second-order valence-corrected chi connectivity index (χ2v) is 9.90. The molecule has 168 valence electrons. The molecule has 0 heterocycles. The van der Waals surface area contributed by atoms with E-state index in [1.165, 1.54) is 24.3 Å². The van der Waals surface area contributed by atoms with Crippen molar-refractivity contribution in [1.82, 2.24) is 0 Å². The molecule has 2 aromatic carbocycles. The van der Waals surface area contributed by atoms with E-state index in [2.05, 4.69) is 4.74 Å². The number of carbonyl (C=O) groups excluding carboxylic acids is 2. The van der Waals surface area contributed by atoms with Crippen molar-refractivity contribution in [2.75, 3.05) is 0 Å². The largest absolute Gasteiger partial charge is 0.389 e. The fourth-order valence-electron chi connectivity index (χ4n) is 2.24. The Hall–Kier alpha value is -2.60. The molecule has 0 N–H and O–H groups in total. The molecule has 0 aromatic heterocycles. The molecule has 0 aliphatic carbocycles. The van der Waals surface area contributed by atoms with Gasteiger partial charge in [0.2, 0.25) is 0 Å². The zero-order valence-corrected chi connectivity index (χ0v) is 18.9. The first-order valence-corrected chi connectivity index (χ1v) is 11.9. The van der Waals surface area contributed by atoms with Gasteiger partial charge in [0.1, 0.15) is 0 Å². The van der Waals surface area contributed by atoms with Crippen molar-refractivity contribution in [2.24, 2.45) is 0 Å². The number of rotatable bonds is 8. The third-order valence-electron chi connectivity index (χ3n) is 4.03. The highest BCUT2D eigenvalue weighted by atomic mass is 32.2. The maximum atomic E-state index is 12.2. The summed E-state index contributed by atoms with van der Waals surface area (Å²) in [6.07, 6.45) is -3.31. The summed E-state index contributed by atoms with van der Waals surface area (Å²) in [6, 6.07) is 11.4. The van der Waals surface area contributed by atoms with Crippen LogP contribution in [0.4, 0.5) is 0 Å². The lowest BCUT2D eigenvalue weighted by molar-refractivity contribution is -0.168. The van der Waals surface area contributed by atoms with Crippen LogP contribution >= 0.6 is 0 Å². The van der Waals surface area contributed by atoms with Gasteiger partial charge in [-0.15, -0.1) is 0 Å². The molecule has 0 saturated carbocycles. The highest BCUT2D eigenvalue weighted by molar-refractivity contribution is 7.87. The van der Waals surface area contributed by atoms with Crippen LogP contribution in [-0.2, 0) is 42.9 Å². The molecule has 0 bridgehead atoms. The summed E-state index contributed by atoms with van der Waals surface area (Å²) >= 11 is 0. The predicted molar refractivity (Wildman–Crippen MR) is 109 cm³/mol. The molecular formula is C20H22O9S2. The minimum atomic E-state index is -4.28. The summed E-state index contributed by atoms with van der Waals surface area (Å²) in [4.78, 5) is 23.8. The molecule has 0 radical (unpaired) electrons. The molecular weight excluding hydrogens is 448 g/mol. The van der Waals surface area contributed by atoms with E-state index in [0.717, 1.165) is 25.0 Å². The minimum Gasteiger partial charge on any atom is -0.389 e. The van der Waals surface area contributed by atoms with Crippen molar-refractivity contribution in [2.45, 2.75) is 49.7 Å². The molecule has 0 spiro atoms. The van der Waals surface area contributed by atoms with E-state index in [9.17, 15) is 26.4 Å². The normalized spacial score (nSPS) is 13.9. The molecule has 0 aliphatic rings. The summed E-state index contributed by atoms with van der Waals surface area (Å²) in [5, 5.41) is 0. The molecule has 9 nitrogen and oxygen atoms in total. The van der Waals surface area contributed by atoms with Crippen molar-refractivity contribution >= 4 is 32.2 Å². The lowest BCUT2D eigenvalue weighted by Gasteiger charge is -2.15. The number of benzene rings is 2. The highest BCUT2D eigenvalue weighted by Gasteiger charge is 2.31. The van der Waals surface area contributed by atoms with Gasteiger partial charge in [-0.3, -0.25) is 8.37 Å². The number of esters is 2. The first kappa shape index (κ1) is 24.7. The standard InChI is InChI=1S/C20H22O9S2/c1-13-5-9-17(10-6-13)30(23,24)28-15(3)19(21)27-20(22)16(4)29-31(25,26)18-11-7-14(2)8-12-18/h5-12,15-16H,1-4H3. The van der Waals surface area contributed by atoms with E-state index in [1.54, 1.807) is 38.1 Å². The molecule has 2 aromatic rings. The van der Waals surface area contributed by atoms with Crippen LogP contribution < -0.4 is 0 Å². The monoisotopic (exact) mass is 470 g/mol. The smallest absolute Gasteiger partial charge is 0.344 e. The van der Waals surface area contributed by atoms with Gasteiger partial charge in [-0.2, -0.15) is 16.8 Å². The van der Waals surface area contributed by atoms with Crippen LogP contribution in [0.5, 0.6) is 0 Å². The SMILES string of the molecule is Cc1ccc(S(=O)(=O)OC(C)C(=O)OC(=O)C(C)OS(=O)(=O)c2ccc(C)cc2)cc1. The van der Waals surface area contributed by atoms with Gasteiger partial charge in [0.25, 0.3) is 20.2 Å². The van der Waals surface area contributed by atoms with Crippen molar-refractivity contribution in [3.63, 3.8) is 0 Å². The molecule has 11 heteroatoms. The fourth-order valence-corrected chi connectivity index (χ4v) is 4.32. The maximum Gasteiger partial charge on any atom is 0.344 e. The van der Waals surface area contributed by atoms with E-state index in [0.29, 0.717) is 0 Å². The fraction of sp³-hybridized carbons (Fsp3) is 0.300. The van der Waals surface area contributed by atoms with Crippen LogP contribution in [0.15, 0.2) is 58.3 Å². The van der Waals surface area contributed by atoms with Crippen molar-refractivity contribution in [1.29, 1.82) is 0 Å². The Morgan fingerprint density at radius 1 is 0.645 bits per heavy atom. The van der Waals surface area contributed by atoms with Crippen molar-refractivity contribution < 1.29 is 39.5 Å². The van der Waals surface area contributed by atoms with Gasteiger partial charge in [0.05, 0.1) is 9.79 Å². The van der Waals surface area contributed by atoms with Crippen molar-refractivity contribution in [3.8, 4) is 0 Å². The number of carbonyl (C=O) groups is 2. The van der Waals surface area contributed by atoms with Crippen LogP contribution in [0.2, 0.25) is 0 Å². The van der Waals surface area contributed by atoms with Gasteiger partial charge in [-0.05, 0) is 52.0 Å². The van der Waals surface area contributed by atoms with E-state index in [1.807, 2.05) is 0 Å². The number of hydrogen-bond donors (Lipinski definition) is 0. The molecule has 2 unspecified atom stereocenters. The number of aryl methyl sites for hydroxylation is 2. The summed E-state index contributed by atoms with van der Waals surface area (Å²) in [5.74, 6) is -2.63. The zero-order chi connectivity index (χ0) is 23.4. The first-order valence-electron chi connectivity index (χ1n) is 9.07. The second kappa shape index (κ2) is 9.69. The Balaban J connectivity index is 1.99. The van der Waals surface area contributed by atoms with Gasteiger partial charge in [-0.1, -0.05) is 35.4 Å². The summed E-state index contributed by atoms with van der Waals surface area (Å²) in [5.41, 5.74) is 1.65. The molecule has 2 atom stereocenters. The third kappa shape index (κ3) is 6.69. The highest BCUT2D eigenvalue weighted by Crippen LogP contribution is 2.17. The average molecular weight is 471 g/mol. The second-order valence-electron chi connectivity index (χ2n) is 6.75. The van der Waals surface area contributed by atoms with E-state index >= 15 is 0 Å². The Bertz CT molecular complexity index is 1060. The van der Waals surface area contributed by atoms with Crippen LogP contribution in [0.1, 0.15) is 25.0 Å². The number of hydrogen-bond acceptors (Lipinski definition) is 9. The Labute approximate surface area is 181 Å². The molecule has 0 aliphatic heterocycles. The first-order chi connectivity index (χ1) is 14.3. The van der Waals surface area contributed by atoms with Crippen molar-refractivity contribution in [3.05, 3.63) is 59.7 Å². The molecule has 0 amide bonds. The topological polar surface area (TPSA) is 130 Å². The molecule has 0 saturated heterocycles. The lowest BCUT2D eigenvalue weighted by Crippen LogP contribution is -2.33. The number of ether oxygens (including phenoxy) is 1. The van der Waals surface area contributed by atoms with Gasteiger partial charge in [0.15, 0.2) is 12.2 Å². The van der Waals surface area contributed by atoms with Gasteiger partial charge >= 0.3 is 11.9 Å². The van der Waals surface area contributed by atoms with Gasteiger partial charge in [0, 0.05) is 0 Å². The van der Waals surface area contributed by atoms with Gasteiger partial charge in [-0.25, -0.2) is 9.59 Å². The Morgan fingerprint density at radius 3 is 1.23 bits per heavy atom. The summed E-state index contributed by atoms with van der Waals surface area (Å²) < 4.78 is 63.0. The summed E-state index contributed by atoms with van der Waals surface area (Å²) in [7, 11) is -8.57. The van der Waals surface area contributed by atoms with Crippen LogP contribution in [0.3, 0.4) is 0 Å². The lowest BCUT2D eigenvalue weighted by atomic mass is 10.2. The van der Waals surface area contributed by atoms with Crippen LogP contribution in [-0.4, -0.2) is 41.0 Å². The van der Waals surface area contributed by atoms with E-state index < -0.39 is 44.4 Å². The van der Waals surface area contributed by atoms with E-state index in [4.69, 9.17) is 8.37 Å². The Morgan fingerprint density at radius 2 is 0.935 bits per heavy atom. The van der Waals surface area contributed by atoms with Crippen LogP contribution in [0, 0.1) is 13.8 Å². The average Bonchev–Trinajstić information content (AvgIpc) is 2.67. The van der Waals surface area contributed by atoms with Crippen LogP contribution in [0.25, 0.3) is 0 Å².